The number of benzene rings is 1. The van der Waals surface area contributed by atoms with Crippen molar-refractivity contribution < 1.29 is 9.21 Å². The molecule has 0 radical (unpaired) electrons. The fourth-order valence-electron chi connectivity index (χ4n) is 2.12. The molecule has 21 heavy (non-hydrogen) atoms. The number of carbonyl (C=O) groups is 1. The van der Waals surface area contributed by atoms with Crippen molar-refractivity contribution in [2.75, 3.05) is 0 Å². The molecule has 3 rings (SSSR count). The van der Waals surface area contributed by atoms with Crippen molar-refractivity contribution in [3.05, 3.63) is 65.1 Å². The molecule has 0 aliphatic rings. The van der Waals surface area contributed by atoms with E-state index in [-0.39, 0.29) is 17.1 Å². The van der Waals surface area contributed by atoms with E-state index in [9.17, 15) is 4.79 Å². The maximum atomic E-state index is 12.2. The van der Waals surface area contributed by atoms with Crippen LogP contribution in [-0.4, -0.2) is 10.9 Å². The first-order valence-corrected chi connectivity index (χ1v) is 6.93. The number of nitrogens with one attached hydrogen (secondary N) is 1. The lowest BCUT2D eigenvalue weighted by Gasteiger charge is -2.11. The molecule has 106 valence electrons. The van der Waals surface area contributed by atoms with E-state index in [4.69, 9.17) is 16.0 Å². The lowest BCUT2D eigenvalue weighted by molar-refractivity contribution is 0.0935. The van der Waals surface area contributed by atoms with Gasteiger partial charge in [0.15, 0.2) is 0 Å². The van der Waals surface area contributed by atoms with Crippen LogP contribution < -0.4 is 5.32 Å². The molecular formula is C16H13ClN2O2. The van der Waals surface area contributed by atoms with Crippen molar-refractivity contribution in [3.8, 4) is 0 Å². The minimum absolute atomic E-state index is 0.187. The lowest BCUT2D eigenvalue weighted by atomic mass is 10.2. The van der Waals surface area contributed by atoms with Crippen LogP contribution in [-0.2, 0) is 0 Å². The number of amides is 1. The molecule has 0 spiro atoms. The van der Waals surface area contributed by atoms with Gasteiger partial charge < -0.3 is 9.73 Å². The van der Waals surface area contributed by atoms with Gasteiger partial charge in [0.1, 0.15) is 16.5 Å². The molecule has 1 amide bonds. The number of rotatable bonds is 3. The Morgan fingerprint density at radius 1 is 1.29 bits per heavy atom. The Labute approximate surface area is 126 Å². The van der Waals surface area contributed by atoms with Crippen LogP contribution in [0, 0.1) is 0 Å². The fraction of sp³-hybridized carbons (Fsp3) is 0.125. The van der Waals surface area contributed by atoms with Crippen molar-refractivity contribution in [1.29, 1.82) is 0 Å². The van der Waals surface area contributed by atoms with Crippen molar-refractivity contribution in [3.63, 3.8) is 0 Å². The second-order valence-corrected chi connectivity index (χ2v) is 5.08. The number of hydrogen-bond donors (Lipinski definition) is 1. The fourth-order valence-corrected chi connectivity index (χ4v) is 2.32. The summed E-state index contributed by atoms with van der Waals surface area (Å²) in [6, 6.07) is 12.7. The topological polar surface area (TPSA) is 55.1 Å². The third-order valence-corrected chi connectivity index (χ3v) is 3.52. The molecule has 0 aliphatic heterocycles. The van der Waals surface area contributed by atoms with E-state index < -0.39 is 0 Å². The third kappa shape index (κ3) is 2.76. The molecule has 5 heteroatoms. The molecule has 1 unspecified atom stereocenters. The van der Waals surface area contributed by atoms with Gasteiger partial charge >= 0.3 is 0 Å². The Kier molecular flexibility index (Phi) is 3.62. The predicted molar refractivity (Wildman–Crippen MR) is 81.3 cm³/mol. The van der Waals surface area contributed by atoms with Crippen LogP contribution >= 0.6 is 11.6 Å². The first-order valence-electron chi connectivity index (χ1n) is 6.55. The summed E-state index contributed by atoms with van der Waals surface area (Å²) in [5.74, 6) is 0.422. The number of para-hydroxylation sites is 1. The quantitative estimate of drug-likeness (QED) is 0.745. The monoisotopic (exact) mass is 300 g/mol. The van der Waals surface area contributed by atoms with E-state index in [0.29, 0.717) is 11.3 Å². The molecule has 2 heterocycles. The number of pyridine rings is 1. The number of hydrogen-bond acceptors (Lipinski definition) is 3. The van der Waals surface area contributed by atoms with Gasteiger partial charge in [-0.1, -0.05) is 29.8 Å². The molecule has 4 nitrogen and oxygen atoms in total. The van der Waals surface area contributed by atoms with E-state index >= 15 is 0 Å². The Balaban J connectivity index is 1.81. The zero-order valence-electron chi connectivity index (χ0n) is 11.3. The van der Waals surface area contributed by atoms with E-state index in [2.05, 4.69) is 10.3 Å². The summed E-state index contributed by atoms with van der Waals surface area (Å²) >= 11 is 5.92. The smallest absolute Gasteiger partial charge is 0.254 e. The molecule has 0 bridgehead atoms. The Morgan fingerprint density at radius 3 is 2.86 bits per heavy atom. The van der Waals surface area contributed by atoms with Crippen LogP contribution in [0.2, 0.25) is 5.15 Å². The summed E-state index contributed by atoms with van der Waals surface area (Å²) in [6.45, 7) is 1.86. The second-order valence-electron chi connectivity index (χ2n) is 4.72. The molecule has 1 aromatic carbocycles. The van der Waals surface area contributed by atoms with Crippen molar-refractivity contribution >= 4 is 28.5 Å². The molecule has 0 saturated heterocycles. The SMILES string of the molecule is CC(NC(=O)c1cccnc1Cl)c1cc2ccccc2o1. The van der Waals surface area contributed by atoms with Gasteiger partial charge in [-0.05, 0) is 31.2 Å². The van der Waals surface area contributed by atoms with Gasteiger partial charge in [-0.25, -0.2) is 4.98 Å². The van der Waals surface area contributed by atoms with Gasteiger partial charge in [-0.3, -0.25) is 4.79 Å². The number of furan rings is 1. The van der Waals surface area contributed by atoms with Gasteiger partial charge in [-0.2, -0.15) is 0 Å². The highest BCUT2D eigenvalue weighted by atomic mass is 35.5. The zero-order chi connectivity index (χ0) is 14.8. The average molecular weight is 301 g/mol. The number of aromatic nitrogens is 1. The van der Waals surface area contributed by atoms with Crippen LogP contribution in [0.3, 0.4) is 0 Å². The molecule has 2 aromatic heterocycles. The highest BCUT2D eigenvalue weighted by Gasteiger charge is 2.17. The summed E-state index contributed by atoms with van der Waals surface area (Å²) < 4.78 is 5.73. The maximum Gasteiger partial charge on any atom is 0.254 e. The van der Waals surface area contributed by atoms with Gasteiger partial charge in [-0.15, -0.1) is 0 Å². The minimum atomic E-state index is -0.277. The zero-order valence-corrected chi connectivity index (χ0v) is 12.1. The number of carbonyl (C=O) groups excluding carboxylic acids is 1. The number of nitrogens with zero attached hydrogens (tertiary/aromatic N) is 1. The van der Waals surface area contributed by atoms with E-state index in [1.54, 1.807) is 18.3 Å². The molecule has 0 fully saturated rings. The first kappa shape index (κ1) is 13.6. The van der Waals surface area contributed by atoms with Crippen LogP contribution in [0.1, 0.15) is 29.1 Å². The summed E-state index contributed by atoms with van der Waals surface area (Å²) in [5.41, 5.74) is 1.15. The normalized spacial score (nSPS) is 12.3. The second kappa shape index (κ2) is 5.58. The summed E-state index contributed by atoms with van der Waals surface area (Å²) in [7, 11) is 0. The Morgan fingerprint density at radius 2 is 2.10 bits per heavy atom. The van der Waals surface area contributed by atoms with E-state index in [0.717, 1.165) is 11.0 Å². The highest BCUT2D eigenvalue weighted by Crippen LogP contribution is 2.24. The standard InChI is InChI=1S/C16H13ClN2O2/c1-10(14-9-11-5-2-3-7-13(11)21-14)19-16(20)12-6-4-8-18-15(12)17/h2-10H,1H3,(H,19,20). The Hall–Kier alpha value is -2.33. The Bertz CT molecular complexity index is 765. The van der Waals surface area contributed by atoms with Crippen LogP contribution in [0.5, 0.6) is 0 Å². The number of halogens is 1. The predicted octanol–water partition coefficient (Wildman–Crippen LogP) is 3.97. The van der Waals surface area contributed by atoms with Crippen LogP contribution in [0.25, 0.3) is 11.0 Å². The van der Waals surface area contributed by atoms with Crippen LogP contribution in [0.15, 0.2) is 53.1 Å². The van der Waals surface area contributed by atoms with Gasteiger partial charge in [0.05, 0.1) is 11.6 Å². The van der Waals surface area contributed by atoms with Crippen LogP contribution in [0.4, 0.5) is 0 Å². The van der Waals surface area contributed by atoms with Gasteiger partial charge in [0.2, 0.25) is 0 Å². The lowest BCUT2D eigenvalue weighted by Crippen LogP contribution is -2.26. The molecule has 0 aliphatic carbocycles. The highest BCUT2D eigenvalue weighted by molar-refractivity contribution is 6.32. The van der Waals surface area contributed by atoms with Gasteiger partial charge in [0, 0.05) is 11.6 Å². The number of fused-ring (bicyclic) bond motifs is 1. The summed E-state index contributed by atoms with van der Waals surface area (Å²) in [4.78, 5) is 16.1. The largest absolute Gasteiger partial charge is 0.459 e. The molecular weight excluding hydrogens is 288 g/mol. The summed E-state index contributed by atoms with van der Waals surface area (Å²) in [6.07, 6.45) is 1.54. The van der Waals surface area contributed by atoms with Crippen molar-refractivity contribution in [2.45, 2.75) is 13.0 Å². The van der Waals surface area contributed by atoms with E-state index in [1.165, 1.54) is 0 Å². The first-order chi connectivity index (χ1) is 10.1. The maximum absolute atomic E-state index is 12.2. The van der Waals surface area contributed by atoms with Gasteiger partial charge in [0.25, 0.3) is 5.91 Å². The van der Waals surface area contributed by atoms with Crippen molar-refractivity contribution in [2.24, 2.45) is 0 Å². The third-order valence-electron chi connectivity index (χ3n) is 3.22. The molecule has 1 N–H and O–H groups in total. The minimum Gasteiger partial charge on any atom is -0.459 e. The molecule has 1 atom stereocenters. The van der Waals surface area contributed by atoms with E-state index in [1.807, 2.05) is 37.3 Å². The average Bonchev–Trinajstić information content (AvgIpc) is 2.91. The van der Waals surface area contributed by atoms with Crippen molar-refractivity contribution in [1.82, 2.24) is 10.3 Å². The molecule has 0 saturated carbocycles. The summed E-state index contributed by atoms with van der Waals surface area (Å²) in [5, 5.41) is 4.05. The molecule has 3 aromatic rings.